The highest BCUT2D eigenvalue weighted by molar-refractivity contribution is 5.90. The smallest absolute Gasteiger partial charge is 0.338 e. The zero-order chi connectivity index (χ0) is 15.4. The summed E-state index contributed by atoms with van der Waals surface area (Å²) in [5.74, 6) is -1.30. The van der Waals surface area contributed by atoms with Crippen LogP contribution in [0.2, 0.25) is 0 Å². The van der Waals surface area contributed by atoms with Crippen LogP contribution in [0.25, 0.3) is 5.69 Å². The Bertz CT molecular complexity index is 655. The van der Waals surface area contributed by atoms with Crippen LogP contribution >= 0.6 is 0 Å². The molecule has 0 aliphatic heterocycles. The van der Waals surface area contributed by atoms with Gasteiger partial charge in [-0.3, -0.25) is 0 Å². The standard InChI is InChI=1S/C16H17NO4/c1-3-10-21-16(20)12-4-6-13(7-5-12)17-9-8-14(11(17)2)15(18)19/h4-9H,3,10H2,1-2H3,(H,18,19). The number of nitrogens with zero attached hydrogens (tertiary/aromatic N) is 1. The largest absolute Gasteiger partial charge is 0.478 e. The van der Waals surface area contributed by atoms with E-state index in [0.717, 1.165) is 12.1 Å². The first kappa shape index (κ1) is 14.8. The highest BCUT2D eigenvalue weighted by Gasteiger charge is 2.13. The number of carbonyl (C=O) groups excluding carboxylic acids is 1. The number of benzene rings is 1. The Morgan fingerprint density at radius 1 is 1.19 bits per heavy atom. The maximum Gasteiger partial charge on any atom is 0.338 e. The van der Waals surface area contributed by atoms with Gasteiger partial charge in [0.15, 0.2) is 0 Å². The summed E-state index contributed by atoms with van der Waals surface area (Å²) in [6.45, 7) is 4.08. The van der Waals surface area contributed by atoms with Gasteiger partial charge in [-0.15, -0.1) is 0 Å². The number of carboxylic acid groups (broad SMARTS) is 1. The highest BCUT2D eigenvalue weighted by Crippen LogP contribution is 2.17. The number of aromatic nitrogens is 1. The van der Waals surface area contributed by atoms with Gasteiger partial charge in [0.2, 0.25) is 0 Å². The van der Waals surface area contributed by atoms with Gasteiger partial charge in [-0.1, -0.05) is 6.92 Å². The topological polar surface area (TPSA) is 68.5 Å². The maximum atomic E-state index is 11.7. The summed E-state index contributed by atoms with van der Waals surface area (Å²) in [6, 6.07) is 8.43. The Morgan fingerprint density at radius 2 is 1.86 bits per heavy atom. The van der Waals surface area contributed by atoms with Crippen LogP contribution in [0, 0.1) is 6.92 Å². The molecule has 1 aromatic heterocycles. The molecule has 0 aliphatic rings. The monoisotopic (exact) mass is 287 g/mol. The average Bonchev–Trinajstić information content (AvgIpc) is 2.87. The van der Waals surface area contributed by atoms with Gasteiger partial charge < -0.3 is 14.4 Å². The number of rotatable bonds is 5. The second kappa shape index (κ2) is 6.26. The summed E-state index contributed by atoms with van der Waals surface area (Å²) in [5, 5.41) is 9.05. The Balaban J connectivity index is 2.23. The lowest BCUT2D eigenvalue weighted by atomic mass is 10.2. The summed E-state index contributed by atoms with van der Waals surface area (Å²) in [4.78, 5) is 22.7. The van der Waals surface area contributed by atoms with Crippen molar-refractivity contribution in [1.82, 2.24) is 4.57 Å². The van der Waals surface area contributed by atoms with Crippen molar-refractivity contribution in [3.63, 3.8) is 0 Å². The number of hydrogen-bond donors (Lipinski definition) is 1. The number of carboxylic acids is 1. The molecular weight excluding hydrogens is 270 g/mol. The number of aromatic carboxylic acids is 1. The fraction of sp³-hybridized carbons (Fsp3) is 0.250. The summed E-state index contributed by atoms with van der Waals surface area (Å²) in [7, 11) is 0. The zero-order valence-corrected chi connectivity index (χ0v) is 12.0. The highest BCUT2D eigenvalue weighted by atomic mass is 16.5. The van der Waals surface area contributed by atoms with E-state index >= 15 is 0 Å². The van der Waals surface area contributed by atoms with E-state index in [-0.39, 0.29) is 11.5 Å². The predicted octanol–water partition coefficient (Wildman–Crippen LogP) is 3.05. The van der Waals surface area contributed by atoms with E-state index in [2.05, 4.69) is 0 Å². The summed E-state index contributed by atoms with van der Waals surface area (Å²) < 4.78 is 6.83. The van der Waals surface area contributed by atoms with Crippen molar-refractivity contribution in [3.8, 4) is 5.69 Å². The minimum Gasteiger partial charge on any atom is -0.478 e. The molecule has 0 amide bonds. The first-order valence-electron chi connectivity index (χ1n) is 6.73. The molecule has 110 valence electrons. The lowest BCUT2D eigenvalue weighted by Gasteiger charge is -2.08. The Labute approximate surface area is 122 Å². The summed E-state index contributed by atoms with van der Waals surface area (Å²) in [5.41, 5.74) is 2.19. The van der Waals surface area contributed by atoms with Crippen LogP contribution in [0.15, 0.2) is 36.5 Å². The molecular formula is C16H17NO4. The van der Waals surface area contributed by atoms with Gasteiger partial charge >= 0.3 is 11.9 Å². The second-order valence-electron chi connectivity index (χ2n) is 4.67. The predicted molar refractivity (Wildman–Crippen MR) is 78.0 cm³/mol. The fourth-order valence-electron chi connectivity index (χ4n) is 2.05. The van der Waals surface area contributed by atoms with Gasteiger partial charge in [-0.05, 0) is 43.7 Å². The Hall–Kier alpha value is -2.56. The number of ether oxygens (including phenoxy) is 1. The molecule has 2 aromatic rings. The molecule has 0 spiro atoms. The molecule has 5 nitrogen and oxygen atoms in total. The summed E-state index contributed by atoms with van der Waals surface area (Å²) >= 11 is 0. The number of carbonyl (C=O) groups is 2. The molecule has 21 heavy (non-hydrogen) atoms. The van der Waals surface area contributed by atoms with Gasteiger partial charge in [0.1, 0.15) is 0 Å². The van der Waals surface area contributed by atoms with Crippen molar-refractivity contribution in [2.75, 3.05) is 6.61 Å². The molecule has 0 bridgehead atoms. The van der Waals surface area contributed by atoms with Crippen LogP contribution < -0.4 is 0 Å². The minimum atomic E-state index is -0.953. The SMILES string of the molecule is CCCOC(=O)c1ccc(-n2ccc(C(=O)O)c2C)cc1. The molecule has 0 aliphatic carbocycles. The third kappa shape index (κ3) is 3.13. The number of esters is 1. The van der Waals surface area contributed by atoms with E-state index in [1.807, 2.05) is 6.92 Å². The Morgan fingerprint density at radius 3 is 2.38 bits per heavy atom. The van der Waals surface area contributed by atoms with Gasteiger partial charge in [-0.2, -0.15) is 0 Å². The summed E-state index contributed by atoms with van der Waals surface area (Å²) in [6.07, 6.45) is 2.48. The third-order valence-electron chi connectivity index (χ3n) is 3.19. The first-order chi connectivity index (χ1) is 10.0. The van der Waals surface area contributed by atoms with E-state index in [1.165, 1.54) is 0 Å². The number of hydrogen-bond acceptors (Lipinski definition) is 3. The average molecular weight is 287 g/mol. The molecule has 0 atom stereocenters. The minimum absolute atomic E-state index is 0.265. The van der Waals surface area contributed by atoms with E-state index in [9.17, 15) is 9.59 Å². The maximum absolute atomic E-state index is 11.7. The third-order valence-corrected chi connectivity index (χ3v) is 3.19. The Kier molecular flexibility index (Phi) is 4.42. The van der Waals surface area contributed by atoms with Gasteiger partial charge in [0.05, 0.1) is 17.7 Å². The first-order valence-corrected chi connectivity index (χ1v) is 6.73. The van der Waals surface area contributed by atoms with Crippen molar-refractivity contribution in [2.24, 2.45) is 0 Å². The lowest BCUT2D eigenvalue weighted by Crippen LogP contribution is -2.06. The molecule has 0 fully saturated rings. The van der Waals surface area contributed by atoms with E-state index in [0.29, 0.717) is 17.9 Å². The van der Waals surface area contributed by atoms with Crippen LogP contribution in [0.4, 0.5) is 0 Å². The van der Waals surface area contributed by atoms with Crippen molar-refractivity contribution < 1.29 is 19.4 Å². The molecule has 1 aromatic carbocycles. The fourth-order valence-corrected chi connectivity index (χ4v) is 2.05. The van der Waals surface area contributed by atoms with Gasteiger partial charge in [0, 0.05) is 17.6 Å². The molecule has 5 heteroatoms. The molecule has 0 saturated carbocycles. The molecule has 0 radical (unpaired) electrons. The van der Waals surface area contributed by atoms with Crippen molar-refractivity contribution in [2.45, 2.75) is 20.3 Å². The van der Waals surface area contributed by atoms with Gasteiger partial charge in [0.25, 0.3) is 0 Å². The normalized spacial score (nSPS) is 10.4. The van der Waals surface area contributed by atoms with Crippen LogP contribution in [-0.4, -0.2) is 28.2 Å². The van der Waals surface area contributed by atoms with Crippen LogP contribution in [0.3, 0.4) is 0 Å². The molecule has 1 heterocycles. The molecule has 0 saturated heterocycles. The zero-order valence-electron chi connectivity index (χ0n) is 12.0. The van der Waals surface area contributed by atoms with Crippen LogP contribution in [0.1, 0.15) is 39.8 Å². The van der Waals surface area contributed by atoms with Crippen molar-refractivity contribution in [3.05, 3.63) is 53.3 Å². The quantitative estimate of drug-likeness (QED) is 0.858. The van der Waals surface area contributed by atoms with E-state index in [1.54, 1.807) is 48.0 Å². The second-order valence-corrected chi connectivity index (χ2v) is 4.67. The van der Waals surface area contributed by atoms with Crippen LogP contribution in [0.5, 0.6) is 0 Å². The van der Waals surface area contributed by atoms with Crippen molar-refractivity contribution in [1.29, 1.82) is 0 Å². The van der Waals surface area contributed by atoms with Crippen molar-refractivity contribution >= 4 is 11.9 Å². The van der Waals surface area contributed by atoms with E-state index in [4.69, 9.17) is 9.84 Å². The molecule has 2 rings (SSSR count). The lowest BCUT2D eigenvalue weighted by molar-refractivity contribution is 0.0504. The van der Waals surface area contributed by atoms with E-state index < -0.39 is 5.97 Å². The molecule has 1 N–H and O–H groups in total. The van der Waals surface area contributed by atoms with Crippen LogP contribution in [-0.2, 0) is 4.74 Å². The molecule has 0 unspecified atom stereocenters. The van der Waals surface area contributed by atoms with Gasteiger partial charge in [-0.25, -0.2) is 9.59 Å².